The summed E-state index contributed by atoms with van der Waals surface area (Å²) < 4.78 is 5.60. The van der Waals surface area contributed by atoms with Gasteiger partial charge in [-0.3, -0.25) is 9.69 Å². The topological polar surface area (TPSA) is 58.4 Å². The van der Waals surface area contributed by atoms with E-state index in [0.29, 0.717) is 12.5 Å². The van der Waals surface area contributed by atoms with Crippen molar-refractivity contribution in [1.82, 2.24) is 15.2 Å². The van der Waals surface area contributed by atoms with Crippen molar-refractivity contribution in [2.24, 2.45) is 0 Å². The van der Waals surface area contributed by atoms with E-state index in [9.17, 15) is 4.79 Å². The molecule has 0 bridgehead atoms. The van der Waals surface area contributed by atoms with E-state index in [1.54, 1.807) is 6.26 Å². The Hall–Kier alpha value is -1.66. The van der Waals surface area contributed by atoms with E-state index in [1.165, 1.54) is 24.2 Å². The summed E-state index contributed by atoms with van der Waals surface area (Å²) >= 11 is 1.50. The maximum Gasteiger partial charge on any atom is 0.263 e. The number of hydrogen-bond donors (Lipinski definition) is 1. The number of rotatable bonds is 6. The Bertz CT molecular complexity index is 673. The van der Waals surface area contributed by atoms with E-state index in [2.05, 4.69) is 29.0 Å². The standard InChI is InChI=1S/C18H25N3O2S/c1-12(2)18-20-13(3)16(24-18)17(22)19-11-14(15-7-6-10-23-15)21-8-4-5-9-21/h6-7,10,12,14H,4-5,8-9,11H2,1-3H3,(H,19,22). The zero-order valence-corrected chi connectivity index (χ0v) is 15.4. The molecule has 2 aromatic rings. The van der Waals surface area contributed by atoms with Gasteiger partial charge < -0.3 is 9.73 Å². The van der Waals surface area contributed by atoms with Gasteiger partial charge in [0, 0.05) is 12.5 Å². The molecule has 1 atom stereocenters. The summed E-state index contributed by atoms with van der Waals surface area (Å²) in [6.45, 7) is 8.76. The predicted octanol–water partition coefficient (Wildman–Crippen LogP) is 3.73. The van der Waals surface area contributed by atoms with Gasteiger partial charge in [-0.05, 0) is 45.0 Å². The first-order chi connectivity index (χ1) is 11.6. The van der Waals surface area contributed by atoms with Crippen LogP contribution in [-0.2, 0) is 0 Å². The fourth-order valence-electron chi connectivity index (χ4n) is 3.09. The maximum absolute atomic E-state index is 12.6. The number of carbonyl (C=O) groups is 1. The van der Waals surface area contributed by atoms with Crippen molar-refractivity contribution in [2.45, 2.75) is 45.6 Å². The summed E-state index contributed by atoms with van der Waals surface area (Å²) in [6.07, 6.45) is 4.11. The number of aryl methyl sites for hydroxylation is 1. The Morgan fingerprint density at radius 3 is 2.75 bits per heavy atom. The van der Waals surface area contributed by atoms with Gasteiger partial charge in [0.2, 0.25) is 0 Å². The third kappa shape index (κ3) is 3.70. The Labute approximate surface area is 147 Å². The van der Waals surface area contributed by atoms with Crippen LogP contribution in [0, 0.1) is 6.92 Å². The molecular formula is C18H25N3O2S. The molecule has 1 N–H and O–H groups in total. The summed E-state index contributed by atoms with van der Waals surface area (Å²) in [4.78, 5) is 20.2. The third-order valence-electron chi connectivity index (χ3n) is 4.42. The second-order valence-electron chi connectivity index (χ2n) is 6.61. The van der Waals surface area contributed by atoms with Crippen LogP contribution >= 0.6 is 11.3 Å². The van der Waals surface area contributed by atoms with Gasteiger partial charge in [0.1, 0.15) is 10.6 Å². The van der Waals surface area contributed by atoms with Gasteiger partial charge in [-0.25, -0.2) is 4.98 Å². The van der Waals surface area contributed by atoms with Crippen molar-refractivity contribution in [3.8, 4) is 0 Å². The average molecular weight is 347 g/mol. The highest BCUT2D eigenvalue weighted by Gasteiger charge is 2.26. The zero-order valence-electron chi connectivity index (χ0n) is 14.5. The number of thiazole rings is 1. The number of hydrogen-bond acceptors (Lipinski definition) is 5. The summed E-state index contributed by atoms with van der Waals surface area (Å²) in [5, 5.41) is 4.10. The molecule has 1 fully saturated rings. The van der Waals surface area contributed by atoms with Crippen molar-refractivity contribution >= 4 is 17.2 Å². The molecule has 1 amide bonds. The third-order valence-corrected chi connectivity index (χ3v) is 5.88. The first-order valence-corrected chi connectivity index (χ1v) is 9.41. The van der Waals surface area contributed by atoms with E-state index < -0.39 is 0 Å². The van der Waals surface area contributed by atoms with Gasteiger partial charge in [0.25, 0.3) is 5.91 Å². The maximum atomic E-state index is 12.6. The molecule has 5 nitrogen and oxygen atoms in total. The molecule has 0 radical (unpaired) electrons. The summed E-state index contributed by atoms with van der Waals surface area (Å²) in [5.74, 6) is 1.23. The van der Waals surface area contributed by atoms with Crippen LogP contribution in [0.4, 0.5) is 0 Å². The summed E-state index contributed by atoms with van der Waals surface area (Å²) in [6, 6.07) is 4.00. The number of nitrogens with zero attached hydrogens (tertiary/aromatic N) is 2. The van der Waals surface area contributed by atoms with Crippen LogP contribution in [0.2, 0.25) is 0 Å². The molecule has 1 unspecified atom stereocenters. The Morgan fingerprint density at radius 1 is 1.42 bits per heavy atom. The minimum absolute atomic E-state index is 0.0346. The molecule has 2 aromatic heterocycles. The molecule has 0 saturated carbocycles. The second kappa shape index (κ2) is 7.49. The molecule has 0 aliphatic carbocycles. The number of nitrogens with one attached hydrogen (secondary N) is 1. The number of carbonyl (C=O) groups excluding carboxylic acids is 1. The van der Waals surface area contributed by atoms with Gasteiger partial charge >= 0.3 is 0 Å². The minimum atomic E-state index is -0.0346. The van der Waals surface area contributed by atoms with Crippen molar-refractivity contribution in [3.05, 3.63) is 39.7 Å². The van der Waals surface area contributed by atoms with Crippen LogP contribution in [0.25, 0.3) is 0 Å². The molecule has 1 aliphatic heterocycles. The van der Waals surface area contributed by atoms with Crippen molar-refractivity contribution in [3.63, 3.8) is 0 Å². The number of aromatic nitrogens is 1. The normalized spacial score (nSPS) is 16.7. The molecule has 0 spiro atoms. The lowest BCUT2D eigenvalue weighted by Crippen LogP contribution is -2.36. The number of amides is 1. The van der Waals surface area contributed by atoms with Gasteiger partial charge in [0.05, 0.1) is 23.0 Å². The lowest BCUT2D eigenvalue weighted by atomic mass is 10.2. The van der Waals surface area contributed by atoms with Crippen LogP contribution in [0.3, 0.4) is 0 Å². The molecule has 3 rings (SSSR count). The predicted molar refractivity (Wildman–Crippen MR) is 95.5 cm³/mol. The van der Waals surface area contributed by atoms with E-state index in [-0.39, 0.29) is 11.9 Å². The molecule has 130 valence electrons. The molecule has 24 heavy (non-hydrogen) atoms. The lowest BCUT2D eigenvalue weighted by Gasteiger charge is -2.25. The van der Waals surface area contributed by atoms with Gasteiger partial charge in [-0.2, -0.15) is 0 Å². The van der Waals surface area contributed by atoms with E-state index in [0.717, 1.165) is 34.4 Å². The highest BCUT2D eigenvalue weighted by atomic mass is 32.1. The Kier molecular flexibility index (Phi) is 5.36. The van der Waals surface area contributed by atoms with Gasteiger partial charge in [-0.1, -0.05) is 13.8 Å². The summed E-state index contributed by atoms with van der Waals surface area (Å²) in [7, 11) is 0. The van der Waals surface area contributed by atoms with E-state index in [1.807, 2.05) is 19.1 Å². The Morgan fingerprint density at radius 2 is 2.17 bits per heavy atom. The van der Waals surface area contributed by atoms with Gasteiger partial charge in [0.15, 0.2) is 0 Å². The van der Waals surface area contributed by atoms with Crippen molar-refractivity contribution < 1.29 is 9.21 Å². The summed E-state index contributed by atoms with van der Waals surface area (Å²) in [5.41, 5.74) is 0.817. The molecule has 1 saturated heterocycles. The monoisotopic (exact) mass is 347 g/mol. The molecule has 6 heteroatoms. The van der Waals surface area contributed by atoms with Crippen molar-refractivity contribution in [2.75, 3.05) is 19.6 Å². The minimum Gasteiger partial charge on any atom is -0.468 e. The van der Waals surface area contributed by atoms with Crippen LogP contribution < -0.4 is 5.32 Å². The van der Waals surface area contributed by atoms with E-state index in [4.69, 9.17) is 4.42 Å². The lowest BCUT2D eigenvalue weighted by molar-refractivity contribution is 0.0937. The molecule has 1 aliphatic rings. The average Bonchev–Trinajstić information content (AvgIpc) is 3.28. The van der Waals surface area contributed by atoms with E-state index >= 15 is 0 Å². The Balaban J connectivity index is 1.69. The van der Waals surface area contributed by atoms with Crippen LogP contribution in [0.15, 0.2) is 22.8 Å². The van der Waals surface area contributed by atoms with Crippen LogP contribution in [0.5, 0.6) is 0 Å². The van der Waals surface area contributed by atoms with Crippen LogP contribution in [0.1, 0.15) is 64.8 Å². The highest BCUT2D eigenvalue weighted by molar-refractivity contribution is 7.13. The fourth-order valence-corrected chi connectivity index (χ4v) is 4.07. The van der Waals surface area contributed by atoms with Crippen molar-refractivity contribution in [1.29, 1.82) is 0 Å². The highest BCUT2D eigenvalue weighted by Crippen LogP contribution is 2.26. The number of furan rings is 1. The smallest absolute Gasteiger partial charge is 0.263 e. The largest absolute Gasteiger partial charge is 0.468 e. The second-order valence-corrected chi connectivity index (χ2v) is 7.64. The molecule has 0 aromatic carbocycles. The van der Waals surface area contributed by atoms with Gasteiger partial charge in [-0.15, -0.1) is 11.3 Å². The first-order valence-electron chi connectivity index (χ1n) is 8.59. The molecule has 3 heterocycles. The first kappa shape index (κ1) is 17.2. The molecular weight excluding hydrogens is 322 g/mol. The van der Waals surface area contributed by atoms with Crippen LogP contribution in [-0.4, -0.2) is 35.4 Å². The number of likely N-dealkylation sites (tertiary alicyclic amines) is 1. The zero-order chi connectivity index (χ0) is 17.1. The quantitative estimate of drug-likeness (QED) is 0.865. The SMILES string of the molecule is Cc1nc(C(C)C)sc1C(=O)NCC(c1ccco1)N1CCCC1. The fraction of sp³-hybridized carbons (Fsp3) is 0.556.